The molecule has 0 aliphatic carbocycles. The van der Waals surface area contributed by atoms with Gasteiger partial charge in [0.1, 0.15) is 0 Å². The summed E-state index contributed by atoms with van der Waals surface area (Å²) in [6.45, 7) is 5.88. The fourth-order valence-corrected chi connectivity index (χ4v) is 2.98. The van der Waals surface area contributed by atoms with Crippen LogP contribution in [0.1, 0.15) is 65.2 Å². The van der Waals surface area contributed by atoms with Crippen molar-refractivity contribution in [3.8, 4) is 0 Å². The Bertz CT molecular complexity index is 309. The number of unbranched alkanes of at least 4 members (excludes halogenated alkanes) is 1. The predicted octanol–water partition coefficient (Wildman–Crippen LogP) is 3.31. The van der Waals surface area contributed by atoms with Crippen LogP contribution in [0.15, 0.2) is 0 Å². The highest BCUT2D eigenvalue weighted by atomic mass is 16.4. The SMILES string of the molecule is CCCCC(CC)C(=O)N1CCC(CCC(=O)O)CC1. The topological polar surface area (TPSA) is 57.6 Å². The van der Waals surface area contributed by atoms with Crippen molar-refractivity contribution in [3.63, 3.8) is 0 Å². The molecule has 0 aromatic heterocycles. The van der Waals surface area contributed by atoms with E-state index < -0.39 is 5.97 Å². The van der Waals surface area contributed by atoms with Gasteiger partial charge in [0.2, 0.25) is 5.91 Å². The summed E-state index contributed by atoms with van der Waals surface area (Å²) in [5, 5.41) is 8.71. The van der Waals surface area contributed by atoms with Crippen LogP contribution in [0.4, 0.5) is 0 Å². The predicted molar refractivity (Wildman–Crippen MR) is 79.5 cm³/mol. The van der Waals surface area contributed by atoms with E-state index in [-0.39, 0.29) is 12.3 Å². The Morgan fingerprint density at radius 1 is 1.25 bits per heavy atom. The molecule has 1 unspecified atom stereocenters. The number of aliphatic carboxylic acids is 1. The van der Waals surface area contributed by atoms with Crippen LogP contribution in [-0.2, 0) is 9.59 Å². The van der Waals surface area contributed by atoms with Gasteiger partial charge in [0.25, 0.3) is 0 Å². The lowest BCUT2D eigenvalue weighted by Gasteiger charge is -2.34. The number of hydrogen-bond donors (Lipinski definition) is 1. The maximum absolute atomic E-state index is 12.4. The van der Waals surface area contributed by atoms with E-state index in [4.69, 9.17) is 5.11 Å². The van der Waals surface area contributed by atoms with Gasteiger partial charge in [-0.05, 0) is 38.0 Å². The van der Waals surface area contributed by atoms with Gasteiger partial charge in [-0.25, -0.2) is 0 Å². The highest BCUT2D eigenvalue weighted by molar-refractivity contribution is 5.78. The Morgan fingerprint density at radius 3 is 2.40 bits per heavy atom. The molecule has 116 valence electrons. The van der Waals surface area contributed by atoms with Crippen molar-refractivity contribution in [2.45, 2.75) is 65.2 Å². The Labute approximate surface area is 122 Å². The molecule has 1 amide bonds. The van der Waals surface area contributed by atoms with E-state index in [0.29, 0.717) is 11.8 Å². The molecule has 0 radical (unpaired) electrons. The first-order valence-corrected chi connectivity index (χ1v) is 8.09. The van der Waals surface area contributed by atoms with Crippen LogP contribution in [0.25, 0.3) is 0 Å². The van der Waals surface area contributed by atoms with Crippen molar-refractivity contribution in [2.75, 3.05) is 13.1 Å². The Hall–Kier alpha value is -1.06. The molecule has 0 saturated carbocycles. The van der Waals surface area contributed by atoms with Crippen LogP contribution in [0.2, 0.25) is 0 Å². The number of hydrogen-bond acceptors (Lipinski definition) is 2. The van der Waals surface area contributed by atoms with E-state index in [1.165, 1.54) is 0 Å². The van der Waals surface area contributed by atoms with E-state index in [1.807, 2.05) is 4.90 Å². The molecule has 1 N–H and O–H groups in total. The lowest BCUT2D eigenvalue weighted by atomic mass is 9.90. The minimum absolute atomic E-state index is 0.186. The Balaban J connectivity index is 2.35. The van der Waals surface area contributed by atoms with E-state index in [9.17, 15) is 9.59 Å². The molecule has 1 heterocycles. The molecule has 4 nitrogen and oxygen atoms in total. The first-order valence-electron chi connectivity index (χ1n) is 8.09. The van der Waals surface area contributed by atoms with E-state index in [0.717, 1.165) is 58.0 Å². The van der Waals surface area contributed by atoms with Crippen LogP contribution in [0.5, 0.6) is 0 Å². The molecular weight excluding hydrogens is 254 g/mol. The van der Waals surface area contributed by atoms with Crippen molar-refractivity contribution in [1.29, 1.82) is 0 Å². The molecule has 1 rings (SSSR count). The van der Waals surface area contributed by atoms with E-state index in [2.05, 4.69) is 13.8 Å². The van der Waals surface area contributed by atoms with Gasteiger partial charge in [-0.2, -0.15) is 0 Å². The highest BCUT2D eigenvalue weighted by Crippen LogP contribution is 2.24. The number of carboxylic acids is 1. The maximum atomic E-state index is 12.4. The van der Waals surface area contributed by atoms with Crippen LogP contribution in [-0.4, -0.2) is 35.0 Å². The smallest absolute Gasteiger partial charge is 0.303 e. The maximum Gasteiger partial charge on any atom is 0.303 e. The lowest BCUT2D eigenvalue weighted by Crippen LogP contribution is -2.41. The second-order valence-electron chi connectivity index (χ2n) is 5.95. The van der Waals surface area contributed by atoms with Gasteiger partial charge in [-0.15, -0.1) is 0 Å². The number of piperidine rings is 1. The first kappa shape index (κ1) is 17.0. The fraction of sp³-hybridized carbons (Fsp3) is 0.875. The minimum atomic E-state index is -0.714. The molecule has 0 bridgehead atoms. The van der Waals surface area contributed by atoms with Crippen LogP contribution < -0.4 is 0 Å². The summed E-state index contributed by atoms with van der Waals surface area (Å²) in [7, 11) is 0. The van der Waals surface area contributed by atoms with Gasteiger partial charge in [0, 0.05) is 25.4 Å². The van der Waals surface area contributed by atoms with Gasteiger partial charge in [0.15, 0.2) is 0 Å². The number of rotatable bonds is 8. The average molecular weight is 283 g/mol. The molecular formula is C16H29NO3. The molecule has 1 atom stereocenters. The largest absolute Gasteiger partial charge is 0.481 e. The quantitative estimate of drug-likeness (QED) is 0.743. The standard InChI is InChI=1S/C16H29NO3/c1-3-5-6-14(4-2)16(20)17-11-9-13(10-12-17)7-8-15(18)19/h13-14H,3-12H2,1-2H3,(H,18,19). The van der Waals surface area contributed by atoms with Crippen molar-refractivity contribution < 1.29 is 14.7 Å². The monoisotopic (exact) mass is 283 g/mol. The number of nitrogens with zero attached hydrogens (tertiary/aromatic N) is 1. The van der Waals surface area contributed by atoms with Crippen LogP contribution in [0.3, 0.4) is 0 Å². The summed E-state index contributed by atoms with van der Waals surface area (Å²) in [6.07, 6.45) is 7.13. The summed E-state index contributed by atoms with van der Waals surface area (Å²) in [4.78, 5) is 25.0. The lowest BCUT2D eigenvalue weighted by molar-refractivity contribution is -0.139. The first-order chi connectivity index (χ1) is 9.58. The Kier molecular flexibility index (Phi) is 7.63. The molecule has 1 aliphatic heterocycles. The summed E-state index contributed by atoms with van der Waals surface area (Å²) >= 11 is 0. The number of carbonyl (C=O) groups is 2. The number of carbonyl (C=O) groups excluding carboxylic acids is 1. The van der Waals surface area contributed by atoms with Crippen molar-refractivity contribution in [1.82, 2.24) is 4.90 Å². The zero-order valence-corrected chi connectivity index (χ0v) is 12.9. The van der Waals surface area contributed by atoms with E-state index >= 15 is 0 Å². The molecule has 20 heavy (non-hydrogen) atoms. The molecule has 0 aromatic carbocycles. The van der Waals surface area contributed by atoms with Gasteiger partial charge in [-0.1, -0.05) is 26.7 Å². The number of likely N-dealkylation sites (tertiary alicyclic amines) is 1. The molecule has 4 heteroatoms. The van der Waals surface area contributed by atoms with Gasteiger partial charge in [0.05, 0.1) is 0 Å². The molecule has 0 aromatic rings. The molecule has 1 fully saturated rings. The zero-order chi connectivity index (χ0) is 15.0. The van der Waals surface area contributed by atoms with Gasteiger partial charge < -0.3 is 10.0 Å². The fourth-order valence-electron chi connectivity index (χ4n) is 2.98. The van der Waals surface area contributed by atoms with Crippen LogP contribution in [0, 0.1) is 11.8 Å². The second-order valence-corrected chi connectivity index (χ2v) is 5.95. The van der Waals surface area contributed by atoms with E-state index in [1.54, 1.807) is 0 Å². The third-order valence-electron chi connectivity index (χ3n) is 4.44. The van der Waals surface area contributed by atoms with Gasteiger partial charge in [-0.3, -0.25) is 9.59 Å². The molecule has 1 saturated heterocycles. The normalized spacial score (nSPS) is 18.0. The third-order valence-corrected chi connectivity index (χ3v) is 4.44. The molecule has 0 spiro atoms. The Morgan fingerprint density at radius 2 is 1.90 bits per heavy atom. The highest BCUT2D eigenvalue weighted by Gasteiger charge is 2.27. The average Bonchev–Trinajstić information content (AvgIpc) is 2.46. The number of carboxylic acid groups (broad SMARTS) is 1. The summed E-state index contributed by atoms with van der Waals surface area (Å²) in [6, 6.07) is 0. The number of amides is 1. The summed E-state index contributed by atoms with van der Waals surface area (Å²) < 4.78 is 0. The van der Waals surface area contributed by atoms with Crippen LogP contribution >= 0.6 is 0 Å². The summed E-state index contributed by atoms with van der Waals surface area (Å²) in [5.74, 6) is 0.267. The minimum Gasteiger partial charge on any atom is -0.481 e. The summed E-state index contributed by atoms with van der Waals surface area (Å²) in [5.41, 5.74) is 0. The second kappa shape index (κ2) is 8.98. The van der Waals surface area contributed by atoms with Crippen molar-refractivity contribution in [2.24, 2.45) is 11.8 Å². The molecule has 1 aliphatic rings. The van der Waals surface area contributed by atoms with Gasteiger partial charge >= 0.3 is 5.97 Å². The van der Waals surface area contributed by atoms with Crippen molar-refractivity contribution in [3.05, 3.63) is 0 Å². The zero-order valence-electron chi connectivity index (χ0n) is 12.9. The third kappa shape index (κ3) is 5.51. The van der Waals surface area contributed by atoms with Crippen molar-refractivity contribution >= 4 is 11.9 Å².